The van der Waals surface area contributed by atoms with Crippen LogP contribution in [0.1, 0.15) is 21.7 Å². The summed E-state index contributed by atoms with van der Waals surface area (Å²) in [4.78, 5) is 45.0. The summed E-state index contributed by atoms with van der Waals surface area (Å²) in [5.41, 5.74) is 2.16. The van der Waals surface area contributed by atoms with Gasteiger partial charge < -0.3 is 20.2 Å². The van der Waals surface area contributed by atoms with Crippen LogP contribution in [0.5, 0.6) is 0 Å². The SMILES string of the molecule is Cc1nc2ccc(NC(=O)Cn3cccc(C(=O)NCc4ccc(F)cc4)c3=O)cc2[nH]1. The molecule has 4 rings (SSSR count). The number of pyridine rings is 1. The Bertz CT molecular complexity index is 1360. The fourth-order valence-corrected chi connectivity index (χ4v) is 3.28. The summed E-state index contributed by atoms with van der Waals surface area (Å²) >= 11 is 0. The molecule has 0 aliphatic rings. The van der Waals surface area contributed by atoms with E-state index in [9.17, 15) is 18.8 Å². The quantitative estimate of drug-likeness (QED) is 0.434. The average molecular weight is 433 g/mol. The number of H-pyrrole nitrogens is 1. The van der Waals surface area contributed by atoms with Gasteiger partial charge in [0, 0.05) is 18.4 Å². The van der Waals surface area contributed by atoms with E-state index in [-0.39, 0.29) is 24.5 Å². The molecule has 0 fully saturated rings. The molecule has 0 bridgehead atoms. The maximum atomic E-state index is 13.0. The molecule has 0 aliphatic carbocycles. The van der Waals surface area contributed by atoms with E-state index in [1.807, 2.05) is 6.92 Å². The topological polar surface area (TPSA) is 109 Å². The number of aryl methyl sites for hydroxylation is 1. The lowest BCUT2D eigenvalue weighted by atomic mass is 10.2. The number of amides is 2. The number of imidazole rings is 1. The lowest BCUT2D eigenvalue weighted by Gasteiger charge is -2.10. The lowest BCUT2D eigenvalue weighted by molar-refractivity contribution is -0.116. The van der Waals surface area contributed by atoms with Crippen LogP contribution in [0, 0.1) is 12.7 Å². The highest BCUT2D eigenvalue weighted by Gasteiger charge is 2.14. The fraction of sp³-hybridized carbons (Fsp3) is 0.130. The number of nitrogens with zero attached hydrogens (tertiary/aromatic N) is 2. The van der Waals surface area contributed by atoms with Crippen molar-refractivity contribution in [3.8, 4) is 0 Å². The van der Waals surface area contributed by atoms with Crippen LogP contribution in [0.15, 0.2) is 65.6 Å². The molecule has 2 amide bonds. The second kappa shape index (κ2) is 8.84. The molecular weight excluding hydrogens is 413 g/mol. The normalized spacial score (nSPS) is 10.8. The predicted molar refractivity (Wildman–Crippen MR) is 118 cm³/mol. The molecule has 2 heterocycles. The second-order valence-corrected chi connectivity index (χ2v) is 7.27. The molecule has 0 spiro atoms. The number of nitrogens with one attached hydrogen (secondary N) is 3. The van der Waals surface area contributed by atoms with E-state index in [0.29, 0.717) is 11.3 Å². The van der Waals surface area contributed by atoms with Crippen LogP contribution in [0.4, 0.5) is 10.1 Å². The molecule has 2 aromatic heterocycles. The first kappa shape index (κ1) is 21.0. The molecule has 0 saturated carbocycles. The fourth-order valence-electron chi connectivity index (χ4n) is 3.28. The maximum absolute atomic E-state index is 13.0. The van der Waals surface area contributed by atoms with Crippen LogP contribution >= 0.6 is 0 Å². The molecule has 0 atom stereocenters. The number of fused-ring (bicyclic) bond motifs is 1. The Kier molecular flexibility index (Phi) is 5.80. The average Bonchev–Trinajstić information content (AvgIpc) is 3.14. The Hall–Kier alpha value is -4.27. The van der Waals surface area contributed by atoms with Crippen molar-refractivity contribution in [2.75, 3.05) is 5.32 Å². The Labute approximate surface area is 182 Å². The van der Waals surface area contributed by atoms with Crippen LogP contribution in [-0.4, -0.2) is 26.3 Å². The van der Waals surface area contributed by atoms with Crippen LogP contribution < -0.4 is 16.2 Å². The minimum absolute atomic E-state index is 0.0863. The molecule has 0 aliphatic heterocycles. The number of hydrogen-bond acceptors (Lipinski definition) is 4. The minimum atomic E-state index is -0.584. The van der Waals surface area contributed by atoms with E-state index in [1.165, 1.54) is 35.0 Å². The molecule has 4 aromatic rings. The van der Waals surface area contributed by atoms with Gasteiger partial charge in [-0.3, -0.25) is 14.4 Å². The Morgan fingerprint density at radius 2 is 1.91 bits per heavy atom. The summed E-state index contributed by atoms with van der Waals surface area (Å²) in [5.74, 6) is -0.589. The molecular formula is C23H20FN5O3. The number of rotatable bonds is 6. The largest absolute Gasteiger partial charge is 0.348 e. The zero-order valence-corrected chi connectivity index (χ0v) is 17.2. The number of aromatic amines is 1. The summed E-state index contributed by atoms with van der Waals surface area (Å²) in [5, 5.41) is 5.37. The highest BCUT2D eigenvalue weighted by Crippen LogP contribution is 2.17. The number of carbonyl (C=O) groups excluding carboxylic acids is 2. The first-order valence-corrected chi connectivity index (χ1v) is 9.87. The first-order valence-electron chi connectivity index (χ1n) is 9.87. The van der Waals surface area contributed by atoms with E-state index in [0.717, 1.165) is 16.9 Å². The van der Waals surface area contributed by atoms with Gasteiger partial charge in [-0.25, -0.2) is 9.37 Å². The summed E-state index contributed by atoms with van der Waals surface area (Å²) in [6.07, 6.45) is 1.44. The molecule has 32 heavy (non-hydrogen) atoms. The van der Waals surface area contributed by atoms with Crippen molar-refractivity contribution in [2.24, 2.45) is 0 Å². The van der Waals surface area contributed by atoms with Crippen molar-refractivity contribution in [1.82, 2.24) is 19.9 Å². The molecule has 0 saturated heterocycles. The highest BCUT2D eigenvalue weighted by atomic mass is 19.1. The molecule has 9 heteroatoms. The first-order chi connectivity index (χ1) is 15.4. The van der Waals surface area contributed by atoms with Crippen LogP contribution in [0.2, 0.25) is 0 Å². The van der Waals surface area contributed by atoms with E-state index >= 15 is 0 Å². The summed E-state index contributed by atoms with van der Waals surface area (Å²) in [7, 11) is 0. The van der Waals surface area contributed by atoms with Gasteiger partial charge in [0.25, 0.3) is 11.5 Å². The number of carbonyl (C=O) groups is 2. The van der Waals surface area contributed by atoms with Crippen molar-refractivity contribution in [1.29, 1.82) is 0 Å². The zero-order chi connectivity index (χ0) is 22.7. The molecule has 0 radical (unpaired) electrons. The van der Waals surface area contributed by atoms with Crippen molar-refractivity contribution >= 4 is 28.5 Å². The van der Waals surface area contributed by atoms with Gasteiger partial charge in [0.1, 0.15) is 23.7 Å². The predicted octanol–water partition coefficient (Wildman–Crippen LogP) is 2.74. The summed E-state index contributed by atoms with van der Waals surface area (Å²) < 4.78 is 14.2. The van der Waals surface area contributed by atoms with Crippen molar-refractivity contribution in [3.05, 3.63) is 93.9 Å². The van der Waals surface area contributed by atoms with Gasteiger partial charge >= 0.3 is 0 Å². The third-order valence-corrected chi connectivity index (χ3v) is 4.83. The van der Waals surface area contributed by atoms with Gasteiger partial charge in [-0.15, -0.1) is 0 Å². The molecule has 0 unspecified atom stereocenters. The van der Waals surface area contributed by atoms with Gasteiger partial charge in [0.05, 0.1) is 11.0 Å². The molecule has 162 valence electrons. The van der Waals surface area contributed by atoms with E-state index in [2.05, 4.69) is 20.6 Å². The summed E-state index contributed by atoms with van der Waals surface area (Å²) in [6, 6.07) is 13.9. The van der Waals surface area contributed by atoms with Gasteiger partial charge in [-0.05, 0) is 55.0 Å². The van der Waals surface area contributed by atoms with Gasteiger partial charge in [0.15, 0.2) is 0 Å². The van der Waals surface area contributed by atoms with Crippen molar-refractivity contribution in [3.63, 3.8) is 0 Å². The molecule has 2 aromatic carbocycles. The Morgan fingerprint density at radius 1 is 1.12 bits per heavy atom. The number of benzene rings is 2. The third-order valence-electron chi connectivity index (χ3n) is 4.83. The van der Waals surface area contributed by atoms with E-state index in [1.54, 1.807) is 30.3 Å². The van der Waals surface area contributed by atoms with Gasteiger partial charge in [0.2, 0.25) is 5.91 Å². The van der Waals surface area contributed by atoms with Crippen molar-refractivity contribution in [2.45, 2.75) is 20.0 Å². The van der Waals surface area contributed by atoms with E-state index in [4.69, 9.17) is 0 Å². The van der Waals surface area contributed by atoms with Crippen LogP contribution in [0.3, 0.4) is 0 Å². The number of hydrogen-bond donors (Lipinski definition) is 3. The number of halogens is 1. The standard InChI is InChI=1S/C23H20FN5O3/c1-14-26-19-9-8-17(11-20(19)27-14)28-21(30)13-29-10-2-3-18(23(29)32)22(31)25-12-15-4-6-16(24)7-5-15/h2-11H,12-13H2,1H3,(H,25,31)(H,26,27)(H,28,30). The van der Waals surface area contributed by atoms with Crippen molar-refractivity contribution < 1.29 is 14.0 Å². The summed E-state index contributed by atoms with van der Waals surface area (Å²) in [6.45, 7) is 1.73. The van der Waals surface area contributed by atoms with Gasteiger partial charge in [-0.1, -0.05) is 12.1 Å². The molecule has 8 nitrogen and oxygen atoms in total. The van der Waals surface area contributed by atoms with Crippen LogP contribution in [-0.2, 0) is 17.9 Å². The maximum Gasteiger partial charge on any atom is 0.263 e. The second-order valence-electron chi connectivity index (χ2n) is 7.27. The highest BCUT2D eigenvalue weighted by molar-refractivity contribution is 5.94. The number of anilines is 1. The number of aromatic nitrogens is 3. The Balaban J connectivity index is 1.42. The minimum Gasteiger partial charge on any atom is -0.348 e. The third kappa shape index (κ3) is 4.72. The monoisotopic (exact) mass is 433 g/mol. The lowest BCUT2D eigenvalue weighted by Crippen LogP contribution is -2.34. The van der Waals surface area contributed by atoms with E-state index < -0.39 is 17.4 Å². The molecule has 3 N–H and O–H groups in total. The smallest absolute Gasteiger partial charge is 0.263 e. The zero-order valence-electron chi connectivity index (χ0n) is 17.2. The van der Waals surface area contributed by atoms with Gasteiger partial charge in [-0.2, -0.15) is 0 Å². The Morgan fingerprint density at radius 3 is 2.69 bits per heavy atom. The van der Waals surface area contributed by atoms with Crippen LogP contribution in [0.25, 0.3) is 11.0 Å².